The molecule has 2 heterocycles. The molecular weight excluding hydrogens is 388 g/mol. The van der Waals surface area contributed by atoms with E-state index in [0.717, 1.165) is 16.3 Å². The average Bonchev–Trinajstić information content (AvgIpc) is 3.40. The van der Waals surface area contributed by atoms with E-state index in [1.54, 1.807) is 21.2 Å². The highest BCUT2D eigenvalue weighted by Crippen LogP contribution is 2.25. The van der Waals surface area contributed by atoms with Crippen LogP contribution in [0.5, 0.6) is 0 Å². The Hall–Kier alpha value is -3.00. The first-order valence-corrected chi connectivity index (χ1v) is 10.3. The highest BCUT2D eigenvalue weighted by Gasteiger charge is 2.21. The Morgan fingerprint density at radius 2 is 2.00 bits per heavy atom. The Labute approximate surface area is 173 Å². The molecule has 29 heavy (non-hydrogen) atoms. The third kappa shape index (κ3) is 5.29. The molecule has 2 aromatic heterocycles. The van der Waals surface area contributed by atoms with Crippen molar-refractivity contribution < 1.29 is 14.3 Å². The molecule has 8 heteroatoms. The van der Waals surface area contributed by atoms with Crippen LogP contribution in [0.1, 0.15) is 30.8 Å². The molecule has 0 N–H and O–H groups in total. The predicted octanol–water partition coefficient (Wildman–Crippen LogP) is 3.66. The molecule has 0 spiro atoms. The number of para-hydroxylation sites is 1. The Balaban J connectivity index is 1.76. The molecule has 3 aromatic rings. The van der Waals surface area contributed by atoms with Crippen molar-refractivity contribution >= 4 is 23.2 Å². The van der Waals surface area contributed by atoms with Gasteiger partial charge in [0.25, 0.3) is 5.91 Å². The molecule has 0 fully saturated rings. The van der Waals surface area contributed by atoms with Crippen molar-refractivity contribution in [3.8, 4) is 16.3 Å². The monoisotopic (exact) mass is 412 g/mol. The Bertz CT molecular complexity index is 965. The summed E-state index contributed by atoms with van der Waals surface area (Å²) in [4.78, 5) is 30.6. The van der Waals surface area contributed by atoms with Crippen LogP contribution < -0.4 is 0 Å². The van der Waals surface area contributed by atoms with E-state index in [0.29, 0.717) is 18.8 Å². The van der Waals surface area contributed by atoms with Crippen LogP contribution in [-0.2, 0) is 9.53 Å². The fraction of sp³-hybridized carbons (Fsp3) is 0.333. The number of carbonyl (C=O) groups is 2. The number of hydrogen-bond acceptors (Lipinski definition) is 6. The number of carbonyl (C=O) groups excluding carboxylic acids is 2. The van der Waals surface area contributed by atoms with Gasteiger partial charge in [0.2, 0.25) is 0 Å². The number of aromatic nitrogens is 3. The summed E-state index contributed by atoms with van der Waals surface area (Å²) >= 11 is 1.40. The molecule has 0 radical (unpaired) electrons. The topological polar surface area (TPSA) is 77.3 Å². The van der Waals surface area contributed by atoms with Crippen LogP contribution in [0.2, 0.25) is 0 Å². The minimum Gasteiger partial charge on any atom is -0.469 e. The summed E-state index contributed by atoms with van der Waals surface area (Å²) in [6.45, 7) is 4.92. The molecular formula is C21H24N4O3S. The molecule has 3 rings (SSSR count). The molecule has 1 aromatic carbocycles. The molecule has 0 saturated heterocycles. The first-order chi connectivity index (χ1) is 14.0. The quantitative estimate of drug-likeness (QED) is 0.528. The number of esters is 1. The predicted molar refractivity (Wildman–Crippen MR) is 112 cm³/mol. The van der Waals surface area contributed by atoms with Crippen molar-refractivity contribution in [3.05, 3.63) is 53.8 Å². The number of ether oxygens (including phenoxy) is 1. The lowest BCUT2D eigenvalue weighted by Gasteiger charge is -2.23. The van der Waals surface area contributed by atoms with E-state index < -0.39 is 0 Å². The molecule has 0 unspecified atom stereocenters. The van der Waals surface area contributed by atoms with Crippen molar-refractivity contribution in [2.45, 2.75) is 20.3 Å². The van der Waals surface area contributed by atoms with Crippen LogP contribution in [0.15, 0.2) is 48.1 Å². The van der Waals surface area contributed by atoms with E-state index in [1.165, 1.54) is 18.4 Å². The van der Waals surface area contributed by atoms with E-state index in [4.69, 9.17) is 4.74 Å². The van der Waals surface area contributed by atoms with Crippen LogP contribution in [0.3, 0.4) is 0 Å². The lowest BCUT2D eigenvalue weighted by atomic mass is 10.2. The van der Waals surface area contributed by atoms with Gasteiger partial charge in [0.1, 0.15) is 10.7 Å². The van der Waals surface area contributed by atoms with E-state index >= 15 is 0 Å². The third-order valence-electron chi connectivity index (χ3n) is 4.26. The van der Waals surface area contributed by atoms with Crippen molar-refractivity contribution in [1.82, 2.24) is 19.7 Å². The average molecular weight is 413 g/mol. The largest absolute Gasteiger partial charge is 0.469 e. The molecule has 0 saturated carbocycles. The highest BCUT2D eigenvalue weighted by molar-refractivity contribution is 7.13. The van der Waals surface area contributed by atoms with Crippen molar-refractivity contribution in [1.29, 1.82) is 0 Å². The second-order valence-electron chi connectivity index (χ2n) is 7.02. The number of methoxy groups -OCH3 is 1. The maximum atomic E-state index is 12.9. The Morgan fingerprint density at radius 3 is 2.69 bits per heavy atom. The van der Waals surface area contributed by atoms with Crippen molar-refractivity contribution in [2.24, 2.45) is 5.92 Å². The summed E-state index contributed by atoms with van der Waals surface area (Å²) in [6, 6.07) is 9.80. The normalized spacial score (nSPS) is 10.9. The minimum absolute atomic E-state index is 0.163. The summed E-state index contributed by atoms with van der Waals surface area (Å²) in [5.41, 5.74) is 2.18. The molecule has 0 atom stereocenters. The summed E-state index contributed by atoms with van der Waals surface area (Å²) in [7, 11) is 1.35. The van der Waals surface area contributed by atoms with E-state index in [-0.39, 0.29) is 24.2 Å². The summed E-state index contributed by atoms with van der Waals surface area (Å²) in [5.74, 6) is -0.238. The number of amides is 1. The van der Waals surface area contributed by atoms with Crippen LogP contribution >= 0.6 is 11.3 Å². The van der Waals surface area contributed by atoms with Gasteiger partial charge in [-0.15, -0.1) is 11.3 Å². The standard InChI is InChI=1S/C21H24N4O3S/c1-15(2)12-24(10-9-19(26)28-3)21(27)18-14-29-20(23-18)16-11-22-25(13-16)17-7-5-4-6-8-17/h4-8,11,13-15H,9-10,12H2,1-3H3. The van der Waals surface area contributed by atoms with Gasteiger partial charge in [-0.3, -0.25) is 9.59 Å². The molecule has 0 bridgehead atoms. The van der Waals surface area contributed by atoms with Gasteiger partial charge >= 0.3 is 5.97 Å². The molecule has 0 aliphatic rings. The zero-order valence-corrected chi connectivity index (χ0v) is 17.6. The number of nitrogens with zero attached hydrogens (tertiary/aromatic N) is 4. The fourth-order valence-electron chi connectivity index (χ4n) is 2.87. The minimum atomic E-state index is -0.334. The molecule has 152 valence electrons. The maximum absolute atomic E-state index is 12.9. The molecule has 0 aliphatic heterocycles. The molecule has 0 aliphatic carbocycles. The van der Waals surface area contributed by atoms with Gasteiger partial charge in [-0.25, -0.2) is 9.67 Å². The van der Waals surface area contributed by atoms with Gasteiger partial charge in [0.15, 0.2) is 0 Å². The zero-order chi connectivity index (χ0) is 20.8. The van der Waals surface area contributed by atoms with E-state index in [1.807, 2.05) is 50.4 Å². The SMILES string of the molecule is COC(=O)CCN(CC(C)C)C(=O)c1csc(-c2cnn(-c3ccccc3)c2)n1. The first-order valence-electron chi connectivity index (χ1n) is 9.40. The number of thiazole rings is 1. The van der Waals surface area contributed by atoms with E-state index in [2.05, 4.69) is 10.1 Å². The third-order valence-corrected chi connectivity index (χ3v) is 5.15. The summed E-state index contributed by atoms with van der Waals surface area (Å²) < 4.78 is 6.47. The number of rotatable bonds is 8. The lowest BCUT2D eigenvalue weighted by molar-refractivity contribution is -0.140. The highest BCUT2D eigenvalue weighted by atomic mass is 32.1. The molecule has 1 amide bonds. The summed E-state index contributed by atoms with van der Waals surface area (Å²) in [5, 5.41) is 6.87. The van der Waals surface area contributed by atoms with Crippen LogP contribution in [0.25, 0.3) is 16.3 Å². The van der Waals surface area contributed by atoms with Gasteiger partial charge in [-0.05, 0) is 18.1 Å². The smallest absolute Gasteiger partial charge is 0.307 e. The lowest BCUT2D eigenvalue weighted by Crippen LogP contribution is -2.36. The van der Waals surface area contributed by atoms with Gasteiger partial charge in [0.05, 0.1) is 25.4 Å². The number of benzene rings is 1. The second-order valence-corrected chi connectivity index (χ2v) is 7.88. The summed E-state index contributed by atoms with van der Waals surface area (Å²) in [6.07, 6.45) is 3.80. The van der Waals surface area contributed by atoms with Crippen LogP contribution in [0, 0.1) is 5.92 Å². The van der Waals surface area contributed by atoms with Gasteiger partial charge in [-0.1, -0.05) is 32.0 Å². The fourth-order valence-corrected chi connectivity index (χ4v) is 3.64. The second kappa shape index (κ2) is 9.47. The zero-order valence-electron chi connectivity index (χ0n) is 16.7. The van der Waals surface area contributed by atoms with E-state index in [9.17, 15) is 9.59 Å². The van der Waals surface area contributed by atoms with Gasteiger partial charge in [0, 0.05) is 30.2 Å². The first kappa shape index (κ1) is 20.7. The van der Waals surface area contributed by atoms with Gasteiger partial charge < -0.3 is 9.64 Å². The number of hydrogen-bond donors (Lipinski definition) is 0. The Morgan fingerprint density at radius 1 is 1.24 bits per heavy atom. The van der Waals surface area contributed by atoms with Crippen LogP contribution in [0.4, 0.5) is 0 Å². The van der Waals surface area contributed by atoms with Gasteiger partial charge in [-0.2, -0.15) is 5.10 Å². The van der Waals surface area contributed by atoms with Crippen LogP contribution in [-0.4, -0.2) is 51.7 Å². The van der Waals surface area contributed by atoms with Crippen molar-refractivity contribution in [2.75, 3.05) is 20.2 Å². The maximum Gasteiger partial charge on any atom is 0.307 e. The molecule has 7 nitrogen and oxygen atoms in total. The Kier molecular flexibility index (Phi) is 6.77. The van der Waals surface area contributed by atoms with Crippen molar-refractivity contribution in [3.63, 3.8) is 0 Å².